The molecule has 0 aromatic heterocycles. The summed E-state index contributed by atoms with van der Waals surface area (Å²) >= 11 is 6.17. The van der Waals surface area contributed by atoms with Crippen LogP contribution in [0.2, 0.25) is 5.02 Å². The molecule has 1 N–H and O–H groups in total. The highest BCUT2D eigenvalue weighted by molar-refractivity contribution is 7.89. The molecule has 2 aromatic rings. The van der Waals surface area contributed by atoms with Crippen LogP contribution >= 0.6 is 11.6 Å². The molecule has 0 radical (unpaired) electrons. The molecule has 1 saturated heterocycles. The highest BCUT2D eigenvalue weighted by Gasteiger charge is 2.24. The van der Waals surface area contributed by atoms with Gasteiger partial charge >= 0.3 is 0 Å². The van der Waals surface area contributed by atoms with E-state index in [-0.39, 0.29) is 21.4 Å². The van der Waals surface area contributed by atoms with Crippen molar-refractivity contribution in [1.82, 2.24) is 9.21 Å². The first-order chi connectivity index (χ1) is 14.2. The van der Waals surface area contributed by atoms with E-state index < -0.39 is 15.9 Å². The van der Waals surface area contributed by atoms with Crippen LogP contribution in [-0.4, -0.2) is 56.6 Å². The van der Waals surface area contributed by atoms with Crippen molar-refractivity contribution in [3.63, 3.8) is 0 Å². The number of nitrogens with one attached hydrogen (secondary N) is 1. The number of hydrogen-bond donors (Lipinski definition) is 1. The van der Waals surface area contributed by atoms with Gasteiger partial charge in [-0.2, -0.15) is 0 Å². The van der Waals surface area contributed by atoms with Gasteiger partial charge in [0.2, 0.25) is 10.0 Å². The Morgan fingerprint density at radius 3 is 2.33 bits per heavy atom. The molecular formula is C21H24ClN3O4S. The van der Waals surface area contributed by atoms with E-state index >= 15 is 0 Å². The Bertz CT molecular complexity index is 1060. The van der Waals surface area contributed by atoms with Crippen LogP contribution in [0.4, 0.5) is 5.69 Å². The number of likely N-dealkylation sites (tertiary alicyclic amines) is 1. The molecule has 160 valence electrons. The molecule has 3 rings (SSSR count). The Kier molecular flexibility index (Phi) is 6.80. The number of carbonyl (C=O) groups excluding carboxylic acids is 2. The van der Waals surface area contributed by atoms with E-state index in [2.05, 4.69) is 5.32 Å². The standard InChI is InChI=1S/C21H24ClN3O4S/c1-24(2)30(28,29)15-10-11-18(22)17(14-15)20(26)23-19-9-5-4-8-16(19)21(27)25-12-6-3-7-13-25/h4-5,8-11,14H,3,6-7,12-13H2,1-2H3,(H,23,26). The largest absolute Gasteiger partial charge is 0.339 e. The molecule has 2 amide bonds. The van der Waals surface area contributed by atoms with Crippen molar-refractivity contribution >= 4 is 39.1 Å². The molecule has 30 heavy (non-hydrogen) atoms. The van der Waals surface area contributed by atoms with Gasteiger partial charge in [-0.15, -0.1) is 0 Å². The third-order valence-corrected chi connectivity index (χ3v) is 7.15. The number of anilines is 1. The molecule has 0 saturated carbocycles. The molecule has 0 aliphatic carbocycles. The first kappa shape index (κ1) is 22.3. The number of hydrogen-bond acceptors (Lipinski definition) is 4. The van der Waals surface area contributed by atoms with Gasteiger partial charge in [-0.25, -0.2) is 12.7 Å². The molecule has 1 fully saturated rings. The second kappa shape index (κ2) is 9.16. The molecule has 1 aliphatic heterocycles. The number of benzene rings is 2. The Hall–Kier alpha value is -2.42. The summed E-state index contributed by atoms with van der Waals surface area (Å²) in [7, 11) is -0.907. The lowest BCUT2D eigenvalue weighted by atomic mass is 10.1. The van der Waals surface area contributed by atoms with Gasteiger partial charge in [-0.3, -0.25) is 9.59 Å². The first-order valence-corrected chi connectivity index (χ1v) is 11.5. The van der Waals surface area contributed by atoms with E-state index in [0.717, 1.165) is 23.6 Å². The first-order valence-electron chi connectivity index (χ1n) is 9.63. The fourth-order valence-electron chi connectivity index (χ4n) is 3.29. The zero-order valence-corrected chi connectivity index (χ0v) is 18.5. The zero-order valence-electron chi connectivity index (χ0n) is 16.9. The number of carbonyl (C=O) groups is 2. The van der Waals surface area contributed by atoms with Crippen LogP contribution in [0.15, 0.2) is 47.4 Å². The van der Waals surface area contributed by atoms with E-state index in [1.165, 1.54) is 32.3 Å². The van der Waals surface area contributed by atoms with E-state index in [0.29, 0.717) is 24.3 Å². The van der Waals surface area contributed by atoms with Crippen LogP contribution < -0.4 is 5.32 Å². The average Bonchev–Trinajstić information content (AvgIpc) is 2.74. The van der Waals surface area contributed by atoms with Crippen molar-refractivity contribution in [2.45, 2.75) is 24.2 Å². The van der Waals surface area contributed by atoms with Crippen molar-refractivity contribution < 1.29 is 18.0 Å². The highest BCUT2D eigenvalue weighted by Crippen LogP contribution is 2.25. The van der Waals surface area contributed by atoms with Gasteiger partial charge in [0, 0.05) is 27.2 Å². The number of piperidine rings is 1. The van der Waals surface area contributed by atoms with Crippen molar-refractivity contribution in [2.75, 3.05) is 32.5 Å². The second-order valence-corrected chi connectivity index (χ2v) is 9.84. The predicted molar refractivity (Wildman–Crippen MR) is 116 cm³/mol. The van der Waals surface area contributed by atoms with Gasteiger partial charge in [0.15, 0.2) is 0 Å². The van der Waals surface area contributed by atoms with Crippen molar-refractivity contribution in [2.24, 2.45) is 0 Å². The normalized spacial score (nSPS) is 14.6. The molecule has 1 aliphatic rings. The fourth-order valence-corrected chi connectivity index (χ4v) is 4.42. The van der Waals surface area contributed by atoms with Crippen molar-refractivity contribution in [1.29, 1.82) is 0 Å². The summed E-state index contributed by atoms with van der Waals surface area (Å²) in [5.74, 6) is -0.727. The number of para-hydroxylation sites is 1. The Morgan fingerprint density at radius 2 is 1.67 bits per heavy atom. The smallest absolute Gasteiger partial charge is 0.257 e. The number of rotatable bonds is 5. The molecule has 0 atom stereocenters. The predicted octanol–water partition coefficient (Wildman–Crippen LogP) is 3.47. The Balaban J connectivity index is 1.89. The van der Waals surface area contributed by atoms with E-state index in [1.54, 1.807) is 29.2 Å². The minimum Gasteiger partial charge on any atom is -0.339 e. The van der Waals surface area contributed by atoms with Crippen LogP contribution in [0, 0.1) is 0 Å². The monoisotopic (exact) mass is 449 g/mol. The third kappa shape index (κ3) is 4.66. The lowest BCUT2D eigenvalue weighted by Gasteiger charge is -2.27. The maximum Gasteiger partial charge on any atom is 0.257 e. The van der Waals surface area contributed by atoms with Crippen LogP contribution in [0.1, 0.15) is 40.0 Å². The number of sulfonamides is 1. The number of halogens is 1. The van der Waals surface area contributed by atoms with Crippen LogP contribution in [0.5, 0.6) is 0 Å². The summed E-state index contributed by atoms with van der Waals surface area (Å²) < 4.78 is 25.9. The molecule has 0 spiro atoms. The van der Waals surface area contributed by atoms with Gasteiger partial charge in [0.1, 0.15) is 0 Å². The minimum atomic E-state index is -3.72. The topological polar surface area (TPSA) is 86.8 Å². The third-order valence-electron chi connectivity index (χ3n) is 5.01. The summed E-state index contributed by atoms with van der Waals surface area (Å²) in [4.78, 5) is 27.6. The van der Waals surface area contributed by atoms with Crippen molar-refractivity contribution in [3.8, 4) is 0 Å². The fraction of sp³-hybridized carbons (Fsp3) is 0.333. The van der Waals surface area contributed by atoms with Crippen LogP contribution in [0.25, 0.3) is 0 Å². The summed E-state index contributed by atoms with van der Waals surface area (Å²) in [5.41, 5.74) is 0.760. The number of nitrogens with zero attached hydrogens (tertiary/aromatic N) is 2. The van der Waals surface area contributed by atoms with E-state index in [4.69, 9.17) is 11.6 Å². The average molecular weight is 450 g/mol. The maximum atomic E-state index is 12.9. The van der Waals surface area contributed by atoms with E-state index in [9.17, 15) is 18.0 Å². The summed E-state index contributed by atoms with van der Waals surface area (Å²) in [6, 6.07) is 10.7. The lowest BCUT2D eigenvalue weighted by molar-refractivity contribution is 0.0725. The summed E-state index contributed by atoms with van der Waals surface area (Å²) in [6.45, 7) is 1.38. The van der Waals surface area contributed by atoms with Gasteiger partial charge < -0.3 is 10.2 Å². The zero-order chi connectivity index (χ0) is 21.9. The van der Waals surface area contributed by atoms with E-state index in [1.807, 2.05) is 0 Å². The molecule has 9 heteroatoms. The summed E-state index contributed by atoms with van der Waals surface area (Å²) in [5, 5.41) is 2.83. The van der Waals surface area contributed by atoms with Crippen molar-refractivity contribution in [3.05, 3.63) is 58.6 Å². The molecule has 7 nitrogen and oxygen atoms in total. The quantitative estimate of drug-likeness (QED) is 0.757. The van der Waals surface area contributed by atoms with Crippen LogP contribution in [0.3, 0.4) is 0 Å². The number of amides is 2. The Labute approximate surface area is 181 Å². The minimum absolute atomic E-state index is 0.0137. The van der Waals surface area contributed by atoms with Gasteiger partial charge in [-0.05, 0) is 49.6 Å². The molecule has 0 unspecified atom stereocenters. The highest BCUT2D eigenvalue weighted by atomic mass is 35.5. The van der Waals surface area contributed by atoms with Gasteiger partial charge in [-0.1, -0.05) is 23.7 Å². The molecular weight excluding hydrogens is 426 g/mol. The lowest BCUT2D eigenvalue weighted by Crippen LogP contribution is -2.36. The van der Waals surface area contributed by atoms with Gasteiger partial charge in [0.05, 0.1) is 26.7 Å². The van der Waals surface area contributed by atoms with Gasteiger partial charge in [0.25, 0.3) is 11.8 Å². The second-order valence-electron chi connectivity index (χ2n) is 7.28. The molecule has 2 aromatic carbocycles. The SMILES string of the molecule is CN(C)S(=O)(=O)c1ccc(Cl)c(C(=O)Nc2ccccc2C(=O)N2CCCCC2)c1. The molecule has 0 bridgehead atoms. The Morgan fingerprint density at radius 1 is 1.00 bits per heavy atom. The summed E-state index contributed by atoms with van der Waals surface area (Å²) in [6.07, 6.45) is 3.03. The van der Waals surface area contributed by atoms with Crippen LogP contribution in [-0.2, 0) is 10.0 Å². The molecule has 1 heterocycles. The maximum absolute atomic E-state index is 12.9.